The van der Waals surface area contributed by atoms with Crippen LogP contribution in [0.1, 0.15) is 18.1 Å². The lowest BCUT2D eigenvalue weighted by molar-refractivity contribution is 0.502. The van der Waals surface area contributed by atoms with Crippen LogP contribution in [0, 0.1) is 11.6 Å². The van der Waals surface area contributed by atoms with Gasteiger partial charge in [0.05, 0.1) is 0 Å². The summed E-state index contributed by atoms with van der Waals surface area (Å²) in [5, 5.41) is 3.34. The zero-order valence-corrected chi connectivity index (χ0v) is 13.5. The van der Waals surface area contributed by atoms with Crippen molar-refractivity contribution in [2.24, 2.45) is 0 Å². The Kier molecular flexibility index (Phi) is 5.88. The van der Waals surface area contributed by atoms with E-state index in [0.29, 0.717) is 12.0 Å². The zero-order valence-electron chi connectivity index (χ0n) is 11.9. The number of benzene rings is 2. The van der Waals surface area contributed by atoms with Crippen molar-refractivity contribution in [1.82, 2.24) is 5.32 Å². The molecule has 0 aliphatic heterocycles. The highest BCUT2D eigenvalue weighted by atomic mass is 79.9. The first kappa shape index (κ1) is 16.1. The van der Waals surface area contributed by atoms with Gasteiger partial charge in [-0.05, 0) is 60.8 Å². The maximum Gasteiger partial charge on any atom is 0.126 e. The summed E-state index contributed by atoms with van der Waals surface area (Å²) in [4.78, 5) is 0. The fourth-order valence-electron chi connectivity index (χ4n) is 2.38. The Balaban J connectivity index is 2.11. The van der Waals surface area contributed by atoms with Crippen LogP contribution in [0.2, 0.25) is 0 Å². The molecule has 0 aliphatic rings. The van der Waals surface area contributed by atoms with Crippen molar-refractivity contribution in [2.45, 2.75) is 25.8 Å². The number of hydrogen-bond acceptors (Lipinski definition) is 1. The summed E-state index contributed by atoms with van der Waals surface area (Å²) >= 11 is 3.41. The summed E-state index contributed by atoms with van der Waals surface area (Å²) < 4.78 is 28.1. The van der Waals surface area contributed by atoms with Gasteiger partial charge in [0.2, 0.25) is 0 Å². The number of likely N-dealkylation sites (N-methyl/N-ethyl adjacent to an activating group) is 1. The van der Waals surface area contributed by atoms with Crippen LogP contribution in [0.15, 0.2) is 46.9 Å². The molecule has 2 rings (SSSR count). The van der Waals surface area contributed by atoms with E-state index in [4.69, 9.17) is 0 Å². The van der Waals surface area contributed by atoms with E-state index >= 15 is 0 Å². The first-order valence-electron chi connectivity index (χ1n) is 7.00. The third-order valence-corrected chi connectivity index (χ3v) is 3.89. The molecule has 21 heavy (non-hydrogen) atoms. The molecule has 0 radical (unpaired) electrons. The molecule has 4 heteroatoms. The van der Waals surface area contributed by atoms with Crippen LogP contribution in [-0.4, -0.2) is 12.6 Å². The van der Waals surface area contributed by atoms with Gasteiger partial charge in [-0.2, -0.15) is 0 Å². The second-order valence-electron chi connectivity index (χ2n) is 5.03. The summed E-state index contributed by atoms with van der Waals surface area (Å²) in [5.41, 5.74) is 1.58. The second-order valence-corrected chi connectivity index (χ2v) is 5.94. The Morgan fingerprint density at radius 2 is 1.76 bits per heavy atom. The monoisotopic (exact) mass is 353 g/mol. The topological polar surface area (TPSA) is 12.0 Å². The molecule has 1 unspecified atom stereocenters. The minimum Gasteiger partial charge on any atom is -0.314 e. The summed E-state index contributed by atoms with van der Waals surface area (Å²) in [6, 6.07) is 11.7. The molecule has 0 heterocycles. The van der Waals surface area contributed by atoms with E-state index in [9.17, 15) is 8.78 Å². The van der Waals surface area contributed by atoms with Crippen LogP contribution in [0.25, 0.3) is 0 Å². The van der Waals surface area contributed by atoms with E-state index in [1.54, 1.807) is 0 Å². The molecular weight excluding hydrogens is 336 g/mol. The van der Waals surface area contributed by atoms with Crippen molar-refractivity contribution in [3.63, 3.8) is 0 Å². The third-order valence-electron chi connectivity index (χ3n) is 3.36. The summed E-state index contributed by atoms with van der Waals surface area (Å²) in [5.74, 6) is -0.750. The van der Waals surface area contributed by atoms with Crippen molar-refractivity contribution in [1.29, 1.82) is 0 Å². The van der Waals surface area contributed by atoms with Gasteiger partial charge in [-0.25, -0.2) is 8.78 Å². The van der Waals surface area contributed by atoms with Gasteiger partial charge in [-0.1, -0.05) is 35.0 Å². The van der Waals surface area contributed by atoms with Gasteiger partial charge in [0.25, 0.3) is 0 Å². The van der Waals surface area contributed by atoms with E-state index in [1.807, 2.05) is 31.2 Å². The quantitative estimate of drug-likeness (QED) is 0.806. The molecule has 2 aromatic rings. The van der Waals surface area contributed by atoms with Crippen molar-refractivity contribution in [3.8, 4) is 0 Å². The van der Waals surface area contributed by atoms with Crippen LogP contribution < -0.4 is 5.32 Å². The number of halogens is 3. The lowest BCUT2D eigenvalue weighted by Gasteiger charge is -2.18. The Hall–Kier alpha value is -1.26. The van der Waals surface area contributed by atoms with E-state index in [2.05, 4.69) is 21.2 Å². The number of hydrogen-bond donors (Lipinski definition) is 1. The SMILES string of the molecule is CCNC(Cc1ccc(Br)cc1)Cc1cc(F)ccc1F. The highest BCUT2D eigenvalue weighted by Gasteiger charge is 2.13. The fraction of sp³-hybridized carbons (Fsp3) is 0.294. The molecule has 1 nitrogen and oxygen atoms in total. The first-order chi connectivity index (χ1) is 10.1. The average molecular weight is 354 g/mol. The summed E-state index contributed by atoms with van der Waals surface area (Å²) in [6.07, 6.45) is 1.24. The van der Waals surface area contributed by atoms with Crippen molar-refractivity contribution >= 4 is 15.9 Å². The van der Waals surface area contributed by atoms with Crippen LogP contribution >= 0.6 is 15.9 Å². The van der Waals surface area contributed by atoms with Gasteiger partial charge < -0.3 is 5.32 Å². The molecule has 112 valence electrons. The van der Waals surface area contributed by atoms with Gasteiger partial charge in [0.15, 0.2) is 0 Å². The van der Waals surface area contributed by atoms with Gasteiger partial charge in [0.1, 0.15) is 11.6 Å². The molecule has 0 aliphatic carbocycles. The average Bonchev–Trinajstić information content (AvgIpc) is 2.45. The van der Waals surface area contributed by atoms with Crippen molar-refractivity contribution < 1.29 is 8.78 Å². The van der Waals surface area contributed by atoms with Crippen molar-refractivity contribution in [2.75, 3.05) is 6.54 Å². The lowest BCUT2D eigenvalue weighted by atomic mass is 9.98. The lowest BCUT2D eigenvalue weighted by Crippen LogP contribution is -2.33. The molecule has 2 aromatic carbocycles. The molecule has 0 aromatic heterocycles. The van der Waals surface area contributed by atoms with Crippen molar-refractivity contribution in [3.05, 3.63) is 69.7 Å². The predicted molar refractivity (Wildman–Crippen MR) is 85.4 cm³/mol. The summed E-state index contributed by atoms with van der Waals surface area (Å²) in [6.45, 7) is 2.80. The van der Waals surface area contributed by atoms with Crippen LogP contribution in [0.3, 0.4) is 0 Å². The Bertz CT molecular complexity index is 584. The third kappa shape index (κ3) is 4.90. The normalized spacial score (nSPS) is 12.4. The molecule has 1 atom stereocenters. The fourth-order valence-corrected chi connectivity index (χ4v) is 2.64. The second kappa shape index (κ2) is 7.66. The Morgan fingerprint density at radius 1 is 1.05 bits per heavy atom. The summed E-state index contributed by atoms with van der Waals surface area (Å²) in [7, 11) is 0. The van der Waals surface area contributed by atoms with Crippen LogP contribution in [-0.2, 0) is 12.8 Å². The van der Waals surface area contributed by atoms with Crippen LogP contribution in [0.5, 0.6) is 0 Å². The molecule has 0 saturated carbocycles. The molecule has 0 fully saturated rings. The van der Waals surface area contributed by atoms with Crippen LogP contribution in [0.4, 0.5) is 8.78 Å². The highest BCUT2D eigenvalue weighted by Crippen LogP contribution is 2.16. The number of rotatable bonds is 6. The van der Waals surface area contributed by atoms with E-state index < -0.39 is 5.82 Å². The molecule has 1 N–H and O–H groups in total. The highest BCUT2D eigenvalue weighted by molar-refractivity contribution is 9.10. The van der Waals surface area contributed by atoms with Gasteiger partial charge in [0, 0.05) is 10.5 Å². The minimum atomic E-state index is -0.398. The first-order valence-corrected chi connectivity index (χ1v) is 7.79. The Labute approximate surface area is 132 Å². The molecule has 0 saturated heterocycles. The molecule has 0 bridgehead atoms. The maximum absolute atomic E-state index is 13.8. The smallest absolute Gasteiger partial charge is 0.126 e. The molecule has 0 spiro atoms. The van der Waals surface area contributed by atoms with E-state index in [0.717, 1.165) is 23.5 Å². The number of nitrogens with one attached hydrogen (secondary N) is 1. The van der Waals surface area contributed by atoms with Gasteiger partial charge >= 0.3 is 0 Å². The molecular formula is C17H18BrF2N. The van der Waals surface area contributed by atoms with Gasteiger partial charge in [-0.3, -0.25) is 0 Å². The standard InChI is InChI=1S/C17H18BrF2N/c1-2-21-16(9-12-3-5-14(18)6-4-12)11-13-10-15(19)7-8-17(13)20/h3-8,10,16,21H,2,9,11H2,1H3. The largest absolute Gasteiger partial charge is 0.314 e. The maximum atomic E-state index is 13.8. The zero-order chi connectivity index (χ0) is 15.2. The molecule has 0 amide bonds. The van der Waals surface area contributed by atoms with Gasteiger partial charge in [-0.15, -0.1) is 0 Å². The van der Waals surface area contributed by atoms with E-state index in [1.165, 1.54) is 17.7 Å². The Morgan fingerprint density at radius 3 is 2.43 bits per heavy atom. The van der Waals surface area contributed by atoms with E-state index in [-0.39, 0.29) is 11.9 Å². The minimum absolute atomic E-state index is 0.0764. The predicted octanol–water partition coefficient (Wildman–Crippen LogP) is 4.49.